The Hall–Kier alpha value is -4.79. The molecule has 0 radical (unpaired) electrons. The van der Waals surface area contributed by atoms with Crippen LogP contribution in [-0.2, 0) is 11.0 Å². The van der Waals surface area contributed by atoms with Crippen LogP contribution in [0.5, 0.6) is 0 Å². The van der Waals surface area contributed by atoms with E-state index in [1.807, 2.05) is 5.32 Å². The molecule has 1 aliphatic heterocycles. The van der Waals surface area contributed by atoms with Crippen molar-refractivity contribution in [2.75, 3.05) is 36.1 Å². The average molecular weight is 575 g/mol. The van der Waals surface area contributed by atoms with Crippen molar-refractivity contribution in [1.82, 2.24) is 19.5 Å². The van der Waals surface area contributed by atoms with Crippen molar-refractivity contribution in [2.45, 2.75) is 18.5 Å². The Kier molecular flexibility index (Phi) is 7.21. The fourth-order valence-electron chi connectivity index (χ4n) is 4.83. The maximum Gasteiger partial charge on any atom is 0.416 e. The molecular formula is C26H22F5N7O3. The van der Waals surface area contributed by atoms with Gasteiger partial charge in [-0.25, -0.2) is 23.1 Å². The highest BCUT2D eigenvalue weighted by atomic mass is 19.4. The van der Waals surface area contributed by atoms with Gasteiger partial charge in [-0.2, -0.15) is 18.3 Å². The first-order chi connectivity index (χ1) is 19.5. The number of benzene rings is 2. The van der Waals surface area contributed by atoms with E-state index < -0.39 is 47.6 Å². The zero-order valence-corrected chi connectivity index (χ0v) is 21.0. The highest BCUT2D eigenvalue weighted by Gasteiger charge is 2.32. The summed E-state index contributed by atoms with van der Waals surface area (Å²) in [6, 6.07) is 6.06. The number of carbonyl (C=O) groups excluding carboxylic acids is 2. The van der Waals surface area contributed by atoms with Crippen molar-refractivity contribution in [3.8, 4) is 11.1 Å². The lowest BCUT2D eigenvalue weighted by atomic mass is 10.0. The number of likely N-dealkylation sites (tertiary alicyclic amines) is 1. The molecule has 5 N–H and O–H groups in total. The van der Waals surface area contributed by atoms with E-state index in [0.29, 0.717) is 43.4 Å². The number of fused-ring (bicyclic) bond motifs is 1. The molecule has 2 aromatic carbocycles. The first-order valence-corrected chi connectivity index (χ1v) is 12.2. The lowest BCUT2D eigenvalue weighted by molar-refractivity contribution is -0.137. The van der Waals surface area contributed by atoms with Gasteiger partial charge in [0.2, 0.25) is 5.91 Å². The average Bonchev–Trinajstić information content (AvgIpc) is 3.56. The quantitative estimate of drug-likeness (QED) is 0.263. The Morgan fingerprint density at radius 2 is 1.83 bits per heavy atom. The van der Waals surface area contributed by atoms with Crippen molar-refractivity contribution >= 4 is 34.6 Å². The molecule has 10 nitrogen and oxygen atoms in total. The van der Waals surface area contributed by atoms with Crippen molar-refractivity contribution in [3.05, 3.63) is 71.7 Å². The molecule has 15 heteroatoms. The number of aromatic nitrogens is 3. The summed E-state index contributed by atoms with van der Waals surface area (Å²) < 4.78 is 70.4. The number of hydrogen-bond acceptors (Lipinski definition) is 6. The minimum atomic E-state index is -4.77. The number of urea groups is 1. The second kappa shape index (κ2) is 10.6. The molecule has 1 aliphatic rings. The van der Waals surface area contributed by atoms with Gasteiger partial charge in [0.1, 0.15) is 24.3 Å². The number of hydrogen-bond donors (Lipinski definition) is 4. The number of anilines is 3. The van der Waals surface area contributed by atoms with Crippen LogP contribution >= 0.6 is 0 Å². The van der Waals surface area contributed by atoms with E-state index in [-0.39, 0.29) is 34.1 Å². The molecule has 1 atom stereocenters. The van der Waals surface area contributed by atoms with Gasteiger partial charge >= 0.3 is 12.2 Å². The number of nitrogens with zero attached hydrogens (tertiary/aromatic N) is 4. The van der Waals surface area contributed by atoms with E-state index in [1.165, 1.54) is 33.9 Å². The molecule has 0 aliphatic carbocycles. The number of alkyl halides is 3. The molecule has 0 bridgehead atoms. The smallest absolute Gasteiger partial charge is 0.387 e. The molecule has 214 valence electrons. The maximum absolute atomic E-state index is 15.8. The second-order valence-corrected chi connectivity index (χ2v) is 9.31. The summed E-state index contributed by atoms with van der Waals surface area (Å²) in [5.74, 6) is -2.61. The number of amides is 3. The van der Waals surface area contributed by atoms with Crippen LogP contribution in [0.15, 0.2) is 48.8 Å². The van der Waals surface area contributed by atoms with E-state index in [0.717, 1.165) is 0 Å². The zero-order chi connectivity index (χ0) is 29.5. The SMILES string of the molecule is Nc1ncnn2c(C3CCN(C(=O)CO)C3)cc(-c3cccc(NC(=O)Nc4cc(C(F)(F)F)ccc4F)c3F)c12. The Labute approximate surface area is 228 Å². The number of aliphatic hydroxyl groups excluding tert-OH is 1. The summed E-state index contributed by atoms with van der Waals surface area (Å²) in [6.07, 6.45) is -2.98. The highest BCUT2D eigenvalue weighted by Crippen LogP contribution is 2.38. The number of carbonyl (C=O) groups is 2. The van der Waals surface area contributed by atoms with Gasteiger partial charge in [0.25, 0.3) is 0 Å². The molecule has 41 heavy (non-hydrogen) atoms. The topological polar surface area (TPSA) is 138 Å². The third-order valence-corrected chi connectivity index (χ3v) is 6.78. The monoisotopic (exact) mass is 575 g/mol. The molecule has 1 unspecified atom stereocenters. The first kappa shape index (κ1) is 27.8. The summed E-state index contributed by atoms with van der Waals surface area (Å²) in [6.45, 7) is 0.0781. The number of rotatable bonds is 5. The largest absolute Gasteiger partial charge is 0.416 e. The summed E-state index contributed by atoms with van der Waals surface area (Å²) in [5.41, 5.74) is 5.05. The van der Waals surface area contributed by atoms with Crippen molar-refractivity contribution in [3.63, 3.8) is 0 Å². The van der Waals surface area contributed by atoms with Crippen molar-refractivity contribution in [1.29, 1.82) is 0 Å². The van der Waals surface area contributed by atoms with Crippen LogP contribution in [0, 0.1) is 11.6 Å². The Morgan fingerprint density at radius 3 is 2.56 bits per heavy atom. The minimum Gasteiger partial charge on any atom is -0.387 e. The molecule has 2 aromatic heterocycles. The number of nitrogen functional groups attached to an aromatic ring is 1. The number of halogens is 5. The minimum absolute atomic E-state index is 0.000382. The molecule has 4 aromatic rings. The van der Waals surface area contributed by atoms with Crippen LogP contribution in [0.4, 0.5) is 43.9 Å². The van der Waals surface area contributed by atoms with Gasteiger partial charge in [-0.15, -0.1) is 0 Å². The summed E-state index contributed by atoms with van der Waals surface area (Å²) in [4.78, 5) is 30.0. The molecule has 3 heterocycles. The van der Waals surface area contributed by atoms with E-state index in [9.17, 15) is 32.3 Å². The van der Waals surface area contributed by atoms with Crippen LogP contribution in [-0.4, -0.2) is 56.2 Å². The molecule has 3 amide bonds. The van der Waals surface area contributed by atoms with E-state index in [1.54, 1.807) is 6.07 Å². The molecule has 0 saturated carbocycles. The molecular weight excluding hydrogens is 553 g/mol. The Morgan fingerprint density at radius 1 is 1.07 bits per heavy atom. The normalized spacial score (nSPS) is 15.4. The van der Waals surface area contributed by atoms with E-state index in [4.69, 9.17) is 5.73 Å². The van der Waals surface area contributed by atoms with Crippen LogP contribution < -0.4 is 16.4 Å². The lowest BCUT2D eigenvalue weighted by Crippen LogP contribution is -2.30. The molecule has 1 fully saturated rings. The van der Waals surface area contributed by atoms with Gasteiger partial charge in [-0.05, 0) is 36.8 Å². The summed E-state index contributed by atoms with van der Waals surface area (Å²) in [5, 5.41) is 17.6. The molecule has 1 saturated heterocycles. The number of nitrogens with two attached hydrogens (primary N) is 1. The van der Waals surface area contributed by atoms with Crippen LogP contribution in [0.3, 0.4) is 0 Å². The fraction of sp³-hybridized carbons (Fsp3) is 0.231. The van der Waals surface area contributed by atoms with Gasteiger partial charge in [0.05, 0.1) is 16.9 Å². The van der Waals surface area contributed by atoms with Crippen molar-refractivity contribution in [2.24, 2.45) is 0 Å². The van der Waals surface area contributed by atoms with Crippen LogP contribution in [0.25, 0.3) is 16.6 Å². The molecule has 0 spiro atoms. The fourth-order valence-corrected chi connectivity index (χ4v) is 4.83. The Bertz CT molecular complexity index is 1660. The lowest BCUT2D eigenvalue weighted by Gasteiger charge is -2.14. The molecule has 5 rings (SSSR count). The third-order valence-electron chi connectivity index (χ3n) is 6.78. The number of aliphatic hydroxyl groups is 1. The van der Waals surface area contributed by atoms with Crippen molar-refractivity contribution < 1.29 is 36.6 Å². The van der Waals surface area contributed by atoms with Gasteiger partial charge in [0.15, 0.2) is 11.6 Å². The van der Waals surface area contributed by atoms with E-state index in [2.05, 4.69) is 15.4 Å². The van der Waals surface area contributed by atoms with Gasteiger partial charge in [-0.3, -0.25) is 4.79 Å². The number of nitrogens with one attached hydrogen (secondary N) is 2. The zero-order valence-electron chi connectivity index (χ0n) is 21.0. The standard InChI is InChI=1S/C26H22F5N7O3/c27-17-5-4-14(26(29,30)31)8-19(17)36-25(41)35-18-3-1-2-15(22(18)28)16-9-20(38-23(16)24(32)33-12-34-38)13-6-7-37(10-13)21(40)11-39/h1-5,8-9,12-13,39H,6-7,10-11H2,(H2,32,33,34)(H2,35,36,41). The highest BCUT2D eigenvalue weighted by molar-refractivity contribution is 6.01. The van der Waals surface area contributed by atoms with Crippen LogP contribution in [0.1, 0.15) is 23.6 Å². The third kappa shape index (κ3) is 5.35. The maximum atomic E-state index is 15.8. The van der Waals surface area contributed by atoms with E-state index >= 15 is 4.39 Å². The van der Waals surface area contributed by atoms with Gasteiger partial charge < -0.3 is 26.4 Å². The summed E-state index contributed by atoms with van der Waals surface area (Å²) in [7, 11) is 0. The van der Waals surface area contributed by atoms with Gasteiger partial charge in [-0.1, -0.05) is 12.1 Å². The van der Waals surface area contributed by atoms with Gasteiger partial charge in [0, 0.05) is 35.8 Å². The van der Waals surface area contributed by atoms with Crippen LogP contribution in [0.2, 0.25) is 0 Å². The predicted octanol–water partition coefficient (Wildman–Crippen LogP) is 4.23. The summed E-state index contributed by atoms with van der Waals surface area (Å²) >= 11 is 0. The predicted molar refractivity (Wildman–Crippen MR) is 138 cm³/mol. The second-order valence-electron chi connectivity index (χ2n) is 9.31. The first-order valence-electron chi connectivity index (χ1n) is 12.2. The Balaban J connectivity index is 1.46.